The quantitative estimate of drug-likeness (QED) is 0.940. The molecule has 0 aliphatic rings. The van der Waals surface area contributed by atoms with Crippen molar-refractivity contribution in [2.24, 2.45) is 5.73 Å². The lowest BCUT2D eigenvalue weighted by Crippen LogP contribution is -2.20. The number of benzene rings is 1. The van der Waals surface area contributed by atoms with E-state index in [1.807, 2.05) is 0 Å². The Morgan fingerprint density at radius 1 is 1.15 bits per heavy atom. The van der Waals surface area contributed by atoms with Crippen molar-refractivity contribution in [2.45, 2.75) is 12.2 Å². The van der Waals surface area contributed by atoms with E-state index in [0.717, 1.165) is 6.07 Å². The first-order valence-electron chi connectivity index (χ1n) is 5.85. The molecular weight excluding hydrogens is 269 g/mol. The Labute approximate surface area is 114 Å². The highest BCUT2D eigenvalue weighted by atomic mass is 19.4. The summed E-state index contributed by atoms with van der Waals surface area (Å²) >= 11 is 0. The molecule has 0 saturated heterocycles. The molecule has 1 aromatic carbocycles. The standard InChI is InChI=1S/C14H13F3N2O/c1-20-10-6-4-9(5-7-10)12(18)13-11(14(15,16)17)3-2-8-19-13/h2-8,12H,18H2,1H3/t12-/m0/s1. The molecule has 1 atom stereocenters. The number of hydrogen-bond donors (Lipinski definition) is 1. The number of aromatic nitrogens is 1. The molecule has 2 rings (SSSR count). The van der Waals surface area contributed by atoms with Gasteiger partial charge in [0, 0.05) is 6.20 Å². The lowest BCUT2D eigenvalue weighted by molar-refractivity contribution is -0.138. The topological polar surface area (TPSA) is 48.1 Å². The summed E-state index contributed by atoms with van der Waals surface area (Å²) in [6.07, 6.45) is -3.18. The molecule has 2 aromatic rings. The number of alkyl halides is 3. The summed E-state index contributed by atoms with van der Waals surface area (Å²) in [6, 6.07) is 7.81. The zero-order valence-corrected chi connectivity index (χ0v) is 10.7. The van der Waals surface area contributed by atoms with Crippen LogP contribution in [0.3, 0.4) is 0 Å². The van der Waals surface area contributed by atoms with Gasteiger partial charge in [0.1, 0.15) is 5.75 Å². The summed E-state index contributed by atoms with van der Waals surface area (Å²) in [5.41, 5.74) is 5.43. The van der Waals surface area contributed by atoms with Gasteiger partial charge in [-0.25, -0.2) is 0 Å². The molecule has 0 fully saturated rings. The predicted octanol–water partition coefficient (Wildman–Crippen LogP) is 3.16. The van der Waals surface area contributed by atoms with Crippen LogP contribution in [0.1, 0.15) is 22.9 Å². The number of hydrogen-bond acceptors (Lipinski definition) is 3. The smallest absolute Gasteiger partial charge is 0.418 e. The Hall–Kier alpha value is -2.08. The number of nitrogens with two attached hydrogens (primary N) is 1. The Morgan fingerprint density at radius 2 is 1.80 bits per heavy atom. The van der Waals surface area contributed by atoms with E-state index in [1.165, 1.54) is 19.4 Å². The van der Waals surface area contributed by atoms with Crippen LogP contribution >= 0.6 is 0 Å². The molecular formula is C14H13F3N2O. The van der Waals surface area contributed by atoms with E-state index in [4.69, 9.17) is 10.5 Å². The third kappa shape index (κ3) is 2.91. The van der Waals surface area contributed by atoms with Gasteiger partial charge < -0.3 is 10.5 Å². The van der Waals surface area contributed by atoms with Gasteiger partial charge in [-0.3, -0.25) is 4.98 Å². The lowest BCUT2D eigenvalue weighted by Gasteiger charge is -2.17. The maximum atomic E-state index is 12.9. The van der Waals surface area contributed by atoms with Crippen LogP contribution < -0.4 is 10.5 Å². The van der Waals surface area contributed by atoms with Gasteiger partial charge in [-0.1, -0.05) is 12.1 Å². The van der Waals surface area contributed by atoms with Gasteiger partial charge in [0.2, 0.25) is 0 Å². The first-order chi connectivity index (χ1) is 9.43. The number of methoxy groups -OCH3 is 1. The molecule has 3 nitrogen and oxygen atoms in total. The van der Waals surface area contributed by atoms with Gasteiger partial charge in [-0.2, -0.15) is 13.2 Å². The van der Waals surface area contributed by atoms with Crippen LogP contribution in [0.2, 0.25) is 0 Å². The molecule has 0 spiro atoms. The number of nitrogens with zero attached hydrogens (tertiary/aromatic N) is 1. The summed E-state index contributed by atoms with van der Waals surface area (Å²) in [6.45, 7) is 0. The molecule has 0 bridgehead atoms. The molecule has 6 heteroatoms. The fraction of sp³-hybridized carbons (Fsp3) is 0.214. The van der Waals surface area contributed by atoms with E-state index in [1.54, 1.807) is 24.3 Å². The monoisotopic (exact) mass is 282 g/mol. The zero-order valence-electron chi connectivity index (χ0n) is 10.7. The number of rotatable bonds is 3. The van der Waals surface area contributed by atoms with E-state index < -0.39 is 17.8 Å². The second kappa shape index (κ2) is 5.50. The van der Waals surface area contributed by atoms with Gasteiger partial charge in [0.15, 0.2) is 0 Å². The second-order valence-corrected chi connectivity index (χ2v) is 4.18. The minimum absolute atomic E-state index is 0.190. The van der Waals surface area contributed by atoms with Crippen LogP contribution in [0, 0.1) is 0 Å². The van der Waals surface area contributed by atoms with E-state index in [9.17, 15) is 13.2 Å². The Balaban J connectivity index is 2.40. The van der Waals surface area contributed by atoms with Crippen LogP contribution in [-0.2, 0) is 6.18 Å². The molecule has 0 radical (unpaired) electrons. The third-order valence-electron chi connectivity index (χ3n) is 2.91. The third-order valence-corrected chi connectivity index (χ3v) is 2.91. The maximum absolute atomic E-state index is 12.9. The Bertz CT molecular complexity index is 582. The fourth-order valence-electron chi connectivity index (χ4n) is 1.87. The van der Waals surface area contributed by atoms with E-state index >= 15 is 0 Å². The van der Waals surface area contributed by atoms with Crippen molar-refractivity contribution < 1.29 is 17.9 Å². The Morgan fingerprint density at radius 3 is 2.35 bits per heavy atom. The average molecular weight is 282 g/mol. The summed E-state index contributed by atoms with van der Waals surface area (Å²) in [4.78, 5) is 3.79. The molecule has 0 unspecified atom stereocenters. The summed E-state index contributed by atoms with van der Waals surface area (Å²) in [7, 11) is 1.51. The van der Waals surface area contributed by atoms with Crippen LogP contribution in [0.5, 0.6) is 5.75 Å². The molecule has 0 aliphatic carbocycles. The van der Waals surface area contributed by atoms with Gasteiger partial charge in [-0.15, -0.1) is 0 Å². The minimum atomic E-state index is -4.48. The molecule has 0 amide bonds. The highest BCUT2D eigenvalue weighted by Gasteiger charge is 2.35. The Kier molecular flexibility index (Phi) is 3.94. The molecule has 106 valence electrons. The largest absolute Gasteiger partial charge is 0.497 e. The van der Waals surface area contributed by atoms with E-state index in [0.29, 0.717) is 11.3 Å². The highest BCUT2D eigenvalue weighted by molar-refractivity contribution is 5.36. The lowest BCUT2D eigenvalue weighted by atomic mass is 10.00. The van der Waals surface area contributed by atoms with Gasteiger partial charge >= 0.3 is 6.18 Å². The van der Waals surface area contributed by atoms with Crippen LogP contribution in [0.25, 0.3) is 0 Å². The van der Waals surface area contributed by atoms with Crippen LogP contribution in [-0.4, -0.2) is 12.1 Å². The molecule has 0 saturated carbocycles. The van der Waals surface area contributed by atoms with Crippen molar-refractivity contribution >= 4 is 0 Å². The maximum Gasteiger partial charge on any atom is 0.418 e. The number of pyridine rings is 1. The van der Waals surface area contributed by atoms with Gasteiger partial charge in [-0.05, 0) is 29.8 Å². The van der Waals surface area contributed by atoms with Crippen molar-refractivity contribution in [3.05, 3.63) is 59.4 Å². The van der Waals surface area contributed by atoms with Crippen molar-refractivity contribution in [1.29, 1.82) is 0 Å². The number of ether oxygens (including phenoxy) is 1. The fourth-order valence-corrected chi connectivity index (χ4v) is 1.87. The van der Waals surface area contributed by atoms with Crippen LogP contribution in [0.4, 0.5) is 13.2 Å². The van der Waals surface area contributed by atoms with Crippen molar-refractivity contribution in [3.63, 3.8) is 0 Å². The van der Waals surface area contributed by atoms with Crippen molar-refractivity contribution in [1.82, 2.24) is 4.98 Å². The average Bonchev–Trinajstić information content (AvgIpc) is 2.46. The zero-order chi connectivity index (χ0) is 14.8. The van der Waals surface area contributed by atoms with E-state index in [-0.39, 0.29) is 5.69 Å². The van der Waals surface area contributed by atoms with Crippen molar-refractivity contribution in [3.8, 4) is 5.75 Å². The molecule has 20 heavy (non-hydrogen) atoms. The molecule has 0 aliphatic heterocycles. The van der Waals surface area contributed by atoms with Gasteiger partial charge in [0.25, 0.3) is 0 Å². The van der Waals surface area contributed by atoms with Crippen LogP contribution in [0.15, 0.2) is 42.6 Å². The summed E-state index contributed by atoms with van der Waals surface area (Å²) < 4.78 is 43.8. The first-order valence-corrected chi connectivity index (χ1v) is 5.85. The SMILES string of the molecule is COc1ccc([C@H](N)c2ncccc2C(F)(F)F)cc1. The summed E-state index contributed by atoms with van der Waals surface area (Å²) in [5.74, 6) is 0.609. The summed E-state index contributed by atoms with van der Waals surface area (Å²) in [5, 5.41) is 0. The molecule has 1 heterocycles. The molecule has 2 N–H and O–H groups in total. The minimum Gasteiger partial charge on any atom is -0.497 e. The first kappa shape index (κ1) is 14.3. The second-order valence-electron chi connectivity index (χ2n) is 4.18. The van der Waals surface area contributed by atoms with E-state index in [2.05, 4.69) is 4.98 Å². The number of halogens is 3. The van der Waals surface area contributed by atoms with Crippen molar-refractivity contribution in [2.75, 3.05) is 7.11 Å². The normalized spacial score (nSPS) is 13.1. The predicted molar refractivity (Wildman–Crippen MR) is 68.3 cm³/mol. The van der Waals surface area contributed by atoms with Gasteiger partial charge in [0.05, 0.1) is 24.4 Å². The highest BCUT2D eigenvalue weighted by Crippen LogP contribution is 2.34. The molecule has 1 aromatic heterocycles.